The summed E-state index contributed by atoms with van der Waals surface area (Å²) in [6.07, 6.45) is 7.40. The molecule has 0 aliphatic heterocycles. The molecule has 0 spiro atoms. The van der Waals surface area contributed by atoms with Gasteiger partial charge in [0.25, 0.3) is 0 Å². The summed E-state index contributed by atoms with van der Waals surface area (Å²) in [4.78, 5) is 12.2. The van der Waals surface area contributed by atoms with E-state index in [1.807, 2.05) is 0 Å². The number of hydrogen-bond donors (Lipinski definition) is 3. The second kappa shape index (κ2) is 6.02. The van der Waals surface area contributed by atoms with Crippen LogP contribution in [0, 0.1) is 11.3 Å². The fourth-order valence-corrected chi connectivity index (χ4v) is 3.43. The van der Waals surface area contributed by atoms with Crippen LogP contribution in [-0.2, 0) is 4.79 Å². The van der Waals surface area contributed by atoms with Gasteiger partial charge < -0.3 is 16.2 Å². The van der Waals surface area contributed by atoms with Crippen molar-refractivity contribution in [3.05, 3.63) is 0 Å². The van der Waals surface area contributed by atoms with E-state index in [1.165, 1.54) is 0 Å². The molecular weight excluding hydrogens is 252 g/mol. The van der Waals surface area contributed by atoms with Crippen LogP contribution in [0.4, 0.5) is 0 Å². The second-order valence-electron chi connectivity index (χ2n) is 7.73. The molecule has 0 radical (unpaired) electrons. The van der Waals surface area contributed by atoms with Gasteiger partial charge in [0.2, 0.25) is 5.91 Å². The quantitative estimate of drug-likeness (QED) is 0.740. The number of carbonyl (C=O) groups is 1. The van der Waals surface area contributed by atoms with Crippen LogP contribution in [0.2, 0.25) is 0 Å². The molecular formula is C16H30N2O2. The van der Waals surface area contributed by atoms with E-state index < -0.39 is 5.60 Å². The van der Waals surface area contributed by atoms with Crippen molar-refractivity contribution in [1.29, 1.82) is 0 Å². The van der Waals surface area contributed by atoms with E-state index in [-0.39, 0.29) is 17.9 Å². The monoisotopic (exact) mass is 282 g/mol. The van der Waals surface area contributed by atoms with Gasteiger partial charge in [-0.15, -0.1) is 0 Å². The molecule has 0 heterocycles. The Morgan fingerprint density at radius 3 is 2.50 bits per heavy atom. The maximum absolute atomic E-state index is 12.2. The molecule has 4 nitrogen and oxygen atoms in total. The highest BCUT2D eigenvalue weighted by atomic mass is 16.3. The van der Waals surface area contributed by atoms with Crippen molar-refractivity contribution >= 4 is 5.91 Å². The van der Waals surface area contributed by atoms with E-state index in [9.17, 15) is 9.90 Å². The fourth-order valence-electron chi connectivity index (χ4n) is 3.43. The Morgan fingerprint density at radius 1 is 1.25 bits per heavy atom. The smallest absolute Gasteiger partial charge is 0.223 e. The largest absolute Gasteiger partial charge is 0.388 e. The minimum Gasteiger partial charge on any atom is -0.388 e. The Labute approximate surface area is 122 Å². The van der Waals surface area contributed by atoms with Crippen LogP contribution < -0.4 is 11.1 Å². The highest BCUT2D eigenvalue weighted by molar-refractivity contribution is 5.78. The summed E-state index contributed by atoms with van der Waals surface area (Å²) in [5, 5.41) is 13.5. The summed E-state index contributed by atoms with van der Waals surface area (Å²) in [5.41, 5.74) is 5.55. The average Bonchev–Trinajstić information content (AvgIpc) is 2.40. The zero-order valence-corrected chi connectivity index (χ0v) is 13.0. The van der Waals surface area contributed by atoms with Gasteiger partial charge in [0.15, 0.2) is 0 Å². The van der Waals surface area contributed by atoms with Crippen molar-refractivity contribution in [1.82, 2.24) is 5.32 Å². The van der Waals surface area contributed by atoms with Crippen molar-refractivity contribution in [2.24, 2.45) is 17.1 Å². The molecule has 0 bridgehead atoms. The first-order valence-electron chi connectivity index (χ1n) is 8.05. The van der Waals surface area contributed by atoms with E-state index in [2.05, 4.69) is 19.2 Å². The molecule has 0 aromatic heterocycles. The van der Waals surface area contributed by atoms with Gasteiger partial charge in [-0.2, -0.15) is 0 Å². The van der Waals surface area contributed by atoms with E-state index in [4.69, 9.17) is 5.73 Å². The molecule has 2 rings (SSSR count). The summed E-state index contributed by atoms with van der Waals surface area (Å²) in [6, 6.07) is 0.165. The predicted octanol–water partition coefficient (Wildman–Crippen LogP) is 1.95. The summed E-state index contributed by atoms with van der Waals surface area (Å²) in [5.74, 6) is 0.126. The third-order valence-corrected chi connectivity index (χ3v) is 5.21. The predicted molar refractivity (Wildman–Crippen MR) is 80.1 cm³/mol. The second-order valence-corrected chi connectivity index (χ2v) is 7.73. The Hall–Kier alpha value is -0.610. The minimum atomic E-state index is -0.706. The maximum Gasteiger partial charge on any atom is 0.223 e. The normalized spacial score (nSPS) is 32.6. The molecule has 116 valence electrons. The highest BCUT2D eigenvalue weighted by Gasteiger charge is 2.37. The number of hydrogen-bond acceptors (Lipinski definition) is 3. The third kappa shape index (κ3) is 4.19. The average molecular weight is 282 g/mol. The number of amides is 1. The van der Waals surface area contributed by atoms with Gasteiger partial charge in [0.05, 0.1) is 5.60 Å². The van der Waals surface area contributed by atoms with Gasteiger partial charge >= 0.3 is 0 Å². The molecule has 2 aliphatic rings. The van der Waals surface area contributed by atoms with Gasteiger partial charge in [0.1, 0.15) is 0 Å². The minimum absolute atomic E-state index is 0.0439. The molecule has 4 heteroatoms. The van der Waals surface area contributed by atoms with Gasteiger partial charge in [-0.1, -0.05) is 20.3 Å². The van der Waals surface area contributed by atoms with Gasteiger partial charge in [-0.25, -0.2) is 0 Å². The molecule has 20 heavy (non-hydrogen) atoms. The topological polar surface area (TPSA) is 75.3 Å². The summed E-state index contributed by atoms with van der Waals surface area (Å²) in [6.45, 7) is 4.89. The third-order valence-electron chi connectivity index (χ3n) is 5.21. The van der Waals surface area contributed by atoms with Crippen molar-refractivity contribution in [3.63, 3.8) is 0 Å². The first-order chi connectivity index (χ1) is 9.30. The Morgan fingerprint density at radius 2 is 1.90 bits per heavy atom. The lowest BCUT2D eigenvalue weighted by molar-refractivity contribution is -0.128. The first kappa shape index (κ1) is 15.8. The van der Waals surface area contributed by atoms with Crippen molar-refractivity contribution in [3.8, 4) is 0 Å². The summed E-state index contributed by atoms with van der Waals surface area (Å²) >= 11 is 0. The van der Waals surface area contributed by atoms with Crippen LogP contribution in [0.5, 0.6) is 0 Å². The van der Waals surface area contributed by atoms with Gasteiger partial charge in [-0.05, 0) is 50.4 Å². The standard InChI is InChI=1S/C16H30N2O2/c1-15(2)6-8-16(20,9-7-15)11-18-14(19)12-4-3-5-13(17)10-12/h12-13,20H,3-11,17H2,1-2H3,(H,18,19). The molecule has 0 aromatic rings. The lowest BCUT2D eigenvalue weighted by Gasteiger charge is -2.40. The number of nitrogens with two attached hydrogens (primary N) is 1. The molecule has 0 saturated heterocycles. The van der Waals surface area contributed by atoms with Crippen LogP contribution in [0.1, 0.15) is 65.2 Å². The highest BCUT2D eigenvalue weighted by Crippen LogP contribution is 2.39. The van der Waals surface area contributed by atoms with Crippen LogP contribution in [0.15, 0.2) is 0 Å². The summed E-state index contributed by atoms with van der Waals surface area (Å²) < 4.78 is 0. The van der Waals surface area contributed by atoms with Crippen molar-refractivity contribution in [2.45, 2.75) is 76.9 Å². The lowest BCUT2D eigenvalue weighted by Crippen LogP contribution is -2.48. The molecule has 1 amide bonds. The van der Waals surface area contributed by atoms with Crippen LogP contribution in [0.25, 0.3) is 0 Å². The number of rotatable bonds is 3. The van der Waals surface area contributed by atoms with E-state index >= 15 is 0 Å². The Kier molecular flexibility index (Phi) is 4.75. The molecule has 4 N–H and O–H groups in total. The molecule has 2 unspecified atom stereocenters. The van der Waals surface area contributed by atoms with E-state index in [0.717, 1.165) is 51.4 Å². The van der Waals surface area contributed by atoms with Crippen molar-refractivity contribution < 1.29 is 9.90 Å². The SMILES string of the molecule is CC1(C)CCC(O)(CNC(=O)C2CCCC(N)C2)CC1. The molecule has 2 atom stereocenters. The fraction of sp³-hybridized carbons (Fsp3) is 0.938. The number of aliphatic hydroxyl groups is 1. The molecule has 2 saturated carbocycles. The van der Waals surface area contributed by atoms with Crippen molar-refractivity contribution in [2.75, 3.05) is 6.54 Å². The Balaban J connectivity index is 1.78. The van der Waals surface area contributed by atoms with Gasteiger partial charge in [0, 0.05) is 18.5 Å². The summed E-state index contributed by atoms with van der Waals surface area (Å²) in [7, 11) is 0. The lowest BCUT2D eigenvalue weighted by atomic mass is 9.71. The number of carbonyl (C=O) groups excluding carboxylic acids is 1. The molecule has 2 aliphatic carbocycles. The van der Waals surface area contributed by atoms with E-state index in [1.54, 1.807) is 0 Å². The van der Waals surface area contributed by atoms with Gasteiger partial charge in [-0.3, -0.25) is 4.79 Å². The van der Waals surface area contributed by atoms with Crippen LogP contribution in [-0.4, -0.2) is 29.2 Å². The zero-order valence-electron chi connectivity index (χ0n) is 13.0. The van der Waals surface area contributed by atoms with Crippen LogP contribution >= 0.6 is 0 Å². The van der Waals surface area contributed by atoms with Crippen LogP contribution in [0.3, 0.4) is 0 Å². The molecule has 2 fully saturated rings. The number of nitrogens with one attached hydrogen (secondary N) is 1. The molecule has 0 aromatic carbocycles. The maximum atomic E-state index is 12.2. The first-order valence-corrected chi connectivity index (χ1v) is 8.05. The Bertz CT molecular complexity index is 344. The zero-order chi connectivity index (χ0) is 14.8. The van der Waals surface area contributed by atoms with E-state index in [0.29, 0.717) is 12.0 Å².